The Morgan fingerprint density at radius 1 is 1.00 bits per heavy atom. The maximum atomic E-state index is 12.5. The van der Waals surface area contributed by atoms with Crippen LogP contribution >= 0.6 is 34.8 Å². The molecule has 3 aromatic rings. The quantitative estimate of drug-likeness (QED) is 0.294. The average Bonchev–Trinajstić information content (AvgIpc) is 2.79. The molecule has 0 aliphatic heterocycles. The zero-order valence-electron chi connectivity index (χ0n) is 16.9. The standard InChI is InChI=1S/C24H17Cl3N2O3/c1-31-22-9-4-16(11-23(22)32-14-15-2-5-18(25)6-3-15)10-17(13-28)24(30)29-19-7-8-20(26)21(27)12-19/h2-12H,14H2,1H3,(H,29,30)/b17-10+. The number of methoxy groups -OCH3 is 1. The largest absolute Gasteiger partial charge is 0.493 e. The summed E-state index contributed by atoms with van der Waals surface area (Å²) in [5.41, 5.74) is 1.85. The van der Waals surface area contributed by atoms with E-state index in [1.807, 2.05) is 18.2 Å². The van der Waals surface area contributed by atoms with Gasteiger partial charge in [0.15, 0.2) is 11.5 Å². The zero-order valence-corrected chi connectivity index (χ0v) is 19.1. The first-order valence-electron chi connectivity index (χ1n) is 9.33. The Balaban J connectivity index is 1.79. The molecule has 3 aromatic carbocycles. The highest BCUT2D eigenvalue weighted by Crippen LogP contribution is 2.30. The van der Waals surface area contributed by atoms with Gasteiger partial charge >= 0.3 is 0 Å². The predicted octanol–water partition coefficient (Wildman–Crippen LogP) is 6.78. The molecular weight excluding hydrogens is 471 g/mol. The van der Waals surface area contributed by atoms with Crippen molar-refractivity contribution < 1.29 is 14.3 Å². The van der Waals surface area contributed by atoms with Crippen LogP contribution in [0.2, 0.25) is 15.1 Å². The van der Waals surface area contributed by atoms with Gasteiger partial charge in [-0.05, 0) is 59.7 Å². The van der Waals surface area contributed by atoms with E-state index in [9.17, 15) is 10.1 Å². The lowest BCUT2D eigenvalue weighted by Gasteiger charge is -2.12. The van der Waals surface area contributed by atoms with E-state index in [0.717, 1.165) is 5.56 Å². The maximum Gasteiger partial charge on any atom is 0.266 e. The summed E-state index contributed by atoms with van der Waals surface area (Å²) in [6.45, 7) is 0.295. The lowest BCUT2D eigenvalue weighted by molar-refractivity contribution is -0.112. The van der Waals surface area contributed by atoms with Crippen molar-refractivity contribution in [2.24, 2.45) is 0 Å². The second kappa shape index (κ2) is 10.9. The summed E-state index contributed by atoms with van der Waals surface area (Å²) in [4.78, 5) is 12.5. The summed E-state index contributed by atoms with van der Waals surface area (Å²) < 4.78 is 11.2. The number of hydrogen-bond acceptors (Lipinski definition) is 4. The third-order valence-electron chi connectivity index (χ3n) is 4.35. The van der Waals surface area contributed by atoms with Gasteiger partial charge < -0.3 is 14.8 Å². The third kappa shape index (κ3) is 6.18. The zero-order chi connectivity index (χ0) is 23.1. The van der Waals surface area contributed by atoms with Crippen LogP contribution in [-0.4, -0.2) is 13.0 Å². The first kappa shape index (κ1) is 23.5. The fourth-order valence-electron chi connectivity index (χ4n) is 2.73. The summed E-state index contributed by atoms with van der Waals surface area (Å²) in [5, 5.41) is 13.4. The molecule has 0 radical (unpaired) electrons. The SMILES string of the molecule is COc1ccc(/C=C(\C#N)C(=O)Nc2ccc(Cl)c(Cl)c2)cc1OCc1ccc(Cl)cc1. The van der Waals surface area contributed by atoms with Gasteiger partial charge in [-0.2, -0.15) is 5.26 Å². The van der Waals surface area contributed by atoms with Gasteiger partial charge in [0.25, 0.3) is 5.91 Å². The van der Waals surface area contributed by atoms with E-state index in [0.29, 0.717) is 44.4 Å². The number of rotatable bonds is 7. The van der Waals surface area contributed by atoms with Gasteiger partial charge in [0.05, 0.1) is 17.2 Å². The minimum Gasteiger partial charge on any atom is -0.493 e. The van der Waals surface area contributed by atoms with Crippen molar-refractivity contribution in [3.63, 3.8) is 0 Å². The van der Waals surface area contributed by atoms with E-state index in [2.05, 4.69) is 5.32 Å². The molecule has 8 heteroatoms. The number of ether oxygens (including phenoxy) is 2. The summed E-state index contributed by atoms with van der Waals surface area (Å²) >= 11 is 17.8. The first-order chi connectivity index (χ1) is 15.4. The highest BCUT2D eigenvalue weighted by atomic mass is 35.5. The topological polar surface area (TPSA) is 71.3 Å². The van der Waals surface area contributed by atoms with Crippen LogP contribution in [0.1, 0.15) is 11.1 Å². The molecule has 1 N–H and O–H groups in total. The number of benzene rings is 3. The number of nitrogens with zero attached hydrogens (tertiary/aromatic N) is 1. The Bertz CT molecular complexity index is 1200. The van der Waals surface area contributed by atoms with Crippen LogP contribution < -0.4 is 14.8 Å². The van der Waals surface area contributed by atoms with E-state index < -0.39 is 5.91 Å². The Kier molecular flexibility index (Phi) is 8.02. The Morgan fingerprint density at radius 3 is 2.41 bits per heavy atom. The number of anilines is 1. The van der Waals surface area contributed by atoms with Crippen LogP contribution in [0.3, 0.4) is 0 Å². The van der Waals surface area contributed by atoms with Crippen LogP contribution in [0.4, 0.5) is 5.69 Å². The highest BCUT2D eigenvalue weighted by Gasteiger charge is 2.12. The summed E-state index contributed by atoms with van der Waals surface area (Å²) in [6.07, 6.45) is 1.46. The van der Waals surface area contributed by atoms with Crippen molar-refractivity contribution in [2.75, 3.05) is 12.4 Å². The van der Waals surface area contributed by atoms with E-state index >= 15 is 0 Å². The van der Waals surface area contributed by atoms with E-state index in [1.54, 1.807) is 42.5 Å². The lowest BCUT2D eigenvalue weighted by Crippen LogP contribution is -2.13. The van der Waals surface area contributed by atoms with Crippen LogP contribution in [0.5, 0.6) is 11.5 Å². The van der Waals surface area contributed by atoms with Crippen molar-refractivity contribution in [1.29, 1.82) is 5.26 Å². The minimum atomic E-state index is -0.578. The van der Waals surface area contributed by atoms with Gasteiger partial charge in [0.1, 0.15) is 18.2 Å². The molecule has 0 saturated carbocycles. The van der Waals surface area contributed by atoms with Crippen molar-refractivity contribution in [2.45, 2.75) is 6.61 Å². The second-order valence-electron chi connectivity index (χ2n) is 6.58. The first-order valence-corrected chi connectivity index (χ1v) is 10.5. The molecule has 0 saturated heterocycles. The number of carbonyl (C=O) groups excluding carboxylic acids is 1. The molecule has 0 atom stereocenters. The Morgan fingerprint density at radius 2 is 1.75 bits per heavy atom. The van der Waals surface area contributed by atoms with Gasteiger partial charge in [-0.15, -0.1) is 0 Å². The monoisotopic (exact) mass is 486 g/mol. The molecule has 0 bridgehead atoms. The van der Waals surface area contributed by atoms with Crippen LogP contribution in [0.15, 0.2) is 66.2 Å². The summed E-state index contributed by atoms with van der Waals surface area (Å²) in [5.74, 6) is 0.415. The Hall–Kier alpha value is -3.17. The molecule has 0 heterocycles. The normalized spacial score (nSPS) is 10.9. The molecule has 0 aliphatic rings. The van der Waals surface area contributed by atoms with E-state index in [1.165, 1.54) is 19.3 Å². The lowest BCUT2D eigenvalue weighted by atomic mass is 10.1. The smallest absolute Gasteiger partial charge is 0.266 e. The number of nitriles is 1. The molecule has 5 nitrogen and oxygen atoms in total. The fourth-order valence-corrected chi connectivity index (χ4v) is 3.15. The molecule has 0 unspecified atom stereocenters. The van der Waals surface area contributed by atoms with Gasteiger partial charge in [-0.1, -0.05) is 53.0 Å². The summed E-state index contributed by atoms with van der Waals surface area (Å²) in [7, 11) is 1.53. The number of hydrogen-bond donors (Lipinski definition) is 1. The van der Waals surface area contributed by atoms with Crippen LogP contribution in [0, 0.1) is 11.3 Å². The molecule has 162 valence electrons. The summed E-state index contributed by atoms with van der Waals surface area (Å²) in [6, 6.07) is 19.0. The van der Waals surface area contributed by atoms with Crippen molar-refractivity contribution in [1.82, 2.24) is 0 Å². The van der Waals surface area contributed by atoms with Crippen molar-refractivity contribution in [3.8, 4) is 17.6 Å². The minimum absolute atomic E-state index is 0.0927. The molecule has 1 amide bonds. The third-order valence-corrected chi connectivity index (χ3v) is 5.34. The predicted molar refractivity (Wildman–Crippen MR) is 127 cm³/mol. The Labute approximate surface area is 200 Å². The van der Waals surface area contributed by atoms with E-state index in [4.69, 9.17) is 44.3 Å². The van der Waals surface area contributed by atoms with Crippen LogP contribution in [0.25, 0.3) is 6.08 Å². The number of halogens is 3. The molecular formula is C24H17Cl3N2O3. The molecule has 0 fully saturated rings. The molecule has 32 heavy (non-hydrogen) atoms. The van der Waals surface area contributed by atoms with Gasteiger partial charge in [0, 0.05) is 10.7 Å². The molecule has 0 aromatic heterocycles. The second-order valence-corrected chi connectivity index (χ2v) is 7.83. The average molecular weight is 488 g/mol. The van der Waals surface area contributed by atoms with E-state index in [-0.39, 0.29) is 5.57 Å². The molecule has 0 spiro atoms. The van der Waals surface area contributed by atoms with Crippen molar-refractivity contribution in [3.05, 3.63) is 92.4 Å². The van der Waals surface area contributed by atoms with Gasteiger partial charge in [0.2, 0.25) is 0 Å². The van der Waals surface area contributed by atoms with Crippen molar-refractivity contribution >= 4 is 52.5 Å². The number of nitrogens with one attached hydrogen (secondary N) is 1. The molecule has 0 aliphatic carbocycles. The van der Waals surface area contributed by atoms with Gasteiger partial charge in [-0.3, -0.25) is 4.79 Å². The highest BCUT2D eigenvalue weighted by molar-refractivity contribution is 6.42. The number of carbonyl (C=O) groups is 1. The van der Waals surface area contributed by atoms with Gasteiger partial charge in [-0.25, -0.2) is 0 Å². The number of amides is 1. The fraction of sp³-hybridized carbons (Fsp3) is 0.0833. The maximum absolute atomic E-state index is 12.5. The molecule has 3 rings (SSSR count). The van der Waals surface area contributed by atoms with Crippen LogP contribution in [-0.2, 0) is 11.4 Å².